The predicted molar refractivity (Wildman–Crippen MR) is 77.3 cm³/mol. The highest BCUT2D eigenvalue weighted by atomic mass is 16.5. The number of hydrogen-bond acceptors (Lipinski definition) is 3. The number of methoxy groups -OCH3 is 1. The van der Waals surface area contributed by atoms with E-state index in [2.05, 4.69) is 43.2 Å². The van der Waals surface area contributed by atoms with E-state index < -0.39 is 0 Å². The van der Waals surface area contributed by atoms with Crippen molar-refractivity contribution in [2.75, 3.05) is 34.3 Å². The van der Waals surface area contributed by atoms with Crippen LogP contribution in [0, 0.1) is 13.8 Å². The Balaban J connectivity index is 2.71. The van der Waals surface area contributed by atoms with Gasteiger partial charge in [-0.2, -0.15) is 0 Å². The summed E-state index contributed by atoms with van der Waals surface area (Å²) in [5.41, 5.74) is 3.87. The van der Waals surface area contributed by atoms with Gasteiger partial charge in [0.15, 0.2) is 0 Å². The Hall–Kier alpha value is -1.06. The van der Waals surface area contributed by atoms with Gasteiger partial charge in [-0.1, -0.05) is 6.07 Å². The van der Waals surface area contributed by atoms with Gasteiger partial charge in [0.05, 0.1) is 7.11 Å². The smallest absolute Gasteiger partial charge is 0.123 e. The second-order valence-corrected chi connectivity index (χ2v) is 4.96. The Bertz CT molecular complexity index is 377. The van der Waals surface area contributed by atoms with Crippen LogP contribution in [0.15, 0.2) is 12.1 Å². The molecule has 18 heavy (non-hydrogen) atoms. The molecule has 102 valence electrons. The Morgan fingerprint density at radius 3 is 2.61 bits per heavy atom. The Kier molecular flexibility index (Phi) is 6.16. The molecule has 1 aromatic rings. The first kappa shape index (κ1) is 15.0. The molecule has 0 aliphatic carbocycles. The standard InChI is InChI=1S/C15H26N2O/c1-12-9-13(2)14(15(10-12)18-5)11-17(4)8-6-7-16-3/h9-10,16H,6-8,11H2,1-5H3. The fraction of sp³-hybridized carbons (Fsp3) is 0.600. The first-order chi connectivity index (χ1) is 8.58. The van der Waals surface area contributed by atoms with Crippen LogP contribution in [0.1, 0.15) is 23.1 Å². The first-order valence-electron chi connectivity index (χ1n) is 6.55. The molecule has 0 unspecified atom stereocenters. The molecule has 0 heterocycles. The third kappa shape index (κ3) is 4.31. The zero-order chi connectivity index (χ0) is 13.5. The molecule has 0 bridgehead atoms. The van der Waals surface area contributed by atoms with Crippen LogP contribution in [-0.2, 0) is 6.54 Å². The van der Waals surface area contributed by atoms with Gasteiger partial charge in [0.1, 0.15) is 5.75 Å². The predicted octanol–water partition coefficient (Wildman–Crippen LogP) is 2.35. The zero-order valence-electron chi connectivity index (χ0n) is 12.3. The summed E-state index contributed by atoms with van der Waals surface area (Å²) in [6, 6.07) is 4.34. The molecule has 0 aromatic heterocycles. The van der Waals surface area contributed by atoms with Gasteiger partial charge >= 0.3 is 0 Å². The van der Waals surface area contributed by atoms with E-state index in [1.165, 1.54) is 23.1 Å². The summed E-state index contributed by atoms with van der Waals surface area (Å²) in [4.78, 5) is 2.34. The average molecular weight is 250 g/mol. The van der Waals surface area contributed by atoms with Crippen LogP contribution in [-0.4, -0.2) is 39.2 Å². The second-order valence-electron chi connectivity index (χ2n) is 4.96. The number of benzene rings is 1. The minimum atomic E-state index is 0.943. The average Bonchev–Trinajstić information content (AvgIpc) is 2.32. The molecule has 1 N–H and O–H groups in total. The highest BCUT2D eigenvalue weighted by Gasteiger charge is 2.10. The topological polar surface area (TPSA) is 24.5 Å². The summed E-state index contributed by atoms with van der Waals surface area (Å²) in [5.74, 6) is 1.01. The molecule has 1 aromatic carbocycles. The van der Waals surface area contributed by atoms with Gasteiger partial charge in [0.25, 0.3) is 0 Å². The van der Waals surface area contributed by atoms with Crippen LogP contribution in [0.3, 0.4) is 0 Å². The summed E-state index contributed by atoms with van der Waals surface area (Å²) in [6.45, 7) is 7.37. The van der Waals surface area contributed by atoms with Gasteiger partial charge < -0.3 is 15.0 Å². The third-order valence-corrected chi connectivity index (χ3v) is 3.19. The maximum absolute atomic E-state index is 5.49. The number of aryl methyl sites for hydroxylation is 2. The maximum atomic E-state index is 5.49. The molecule has 0 radical (unpaired) electrons. The molecule has 0 aliphatic rings. The lowest BCUT2D eigenvalue weighted by Gasteiger charge is -2.20. The lowest BCUT2D eigenvalue weighted by Crippen LogP contribution is -2.23. The third-order valence-electron chi connectivity index (χ3n) is 3.19. The zero-order valence-corrected chi connectivity index (χ0v) is 12.3. The molecule has 0 atom stereocenters. The normalized spacial score (nSPS) is 11.0. The van der Waals surface area contributed by atoms with Crippen molar-refractivity contribution in [3.05, 3.63) is 28.8 Å². The Labute approximate surface area is 111 Å². The Morgan fingerprint density at radius 2 is 2.00 bits per heavy atom. The van der Waals surface area contributed by atoms with E-state index in [-0.39, 0.29) is 0 Å². The van der Waals surface area contributed by atoms with Crippen LogP contribution < -0.4 is 10.1 Å². The van der Waals surface area contributed by atoms with E-state index >= 15 is 0 Å². The van der Waals surface area contributed by atoms with Crippen molar-refractivity contribution in [1.82, 2.24) is 10.2 Å². The largest absolute Gasteiger partial charge is 0.496 e. The van der Waals surface area contributed by atoms with Gasteiger partial charge in [-0.05, 0) is 64.6 Å². The summed E-state index contributed by atoms with van der Waals surface area (Å²) < 4.78 is 5.49. The van der Waals surface area contributed by atoms with E-state index in [1.54, 1.807) is 7.11 Å². The molecule has 1 rings (SSSR count). The SMILES string of the molecule is CNCCCN(C)Cc1c(C)cc(C)cc1OC. The number of rotatable bonds is 7. The Morgan fingerprint density at radius 1 is 1.28 bits per heavy atom. The molecular weight excluding hydrogens is 224 g/mol. The molecular formula is C15H26N2O. The molecule has 0 saturated heterocycles. The van der Waals surface area contributed by atoms with E-state index in [9.17, 15) is 0 Å². The number of hydrogen-bond donors (Lipinski definition) is 1. The summed E-state index contributed by atoms with van der Waals surface area (Å²) in [5, 5.41) is 3.18. The van der Waals surface area contributed by atoms with Crippen molar-refractivity contribution in [2.24, 2.45) is 0 Å². The summed E-state index contributed by atoms with van der Waals surface area (Å²) in [6.07, 6.45) is 1.17. The van der Waals surface area contributed by atoms with Crippen molar-refractivity contribution >= 4 is 0 Å². The van der Waals surface area contributed by atoms with E-state index in [1.807, 2.05) is 7.05 Å². The fourth-order valence-electron chi connectivity index (χ4n) is 2.22. The van der Waals surface area contributed by atoms with Gasteiger partial charge in [0.2, 0.25) is 0 Å². The molecule has 0 saturated carbocycles. The highest BCUT2D eigenvalue weighted by molar-refractivity contribution is 5.42. The minimum absolute atomic E-state index is 0.943. The molecule has 0 spiro atoms. The van der Waals surface area contributed by atoms with Crippen LogP contribution in [0.25, 0.3) is 0 Å². The van der Waals surface area contributed by atoms with Crippen molar-refractivity contribution in [3.63, 3.8) is 0 Å². The van der Waals surface area contributed by atoms with E-state index in [4.69, 9.17) is 4.74 Å². The lowest BCUT2D eigenvalue weighted by molar-refractivity contribution is 0.311. The van der Waals surface area contributed by atoms with Gasteiger partial charge in [-0.25, -0.2) is 0 Å². The van der Waals surface area contributed by atoms with E-state index in [0.29, 0.717) is 0 Å². The monoisotopic (exact) mass is 250 g/mol. The minimum Gasteiger partial charge on any atom is -0.496 e. The van der Waals surface area contributed by atoms with Gasteiger partial charge in [0, 0.05) is 12.1 Å². The first-order valence-corrected chi connectivity index (χ1v) is 6.55. The van der Waals surface area contributed by atoms with Gasteiger partial charge in [-0.3, -0.25) is 0 Å². The second kappa shape index (κ2) is 7.39. The molecule has 0 amide bonds. The van der Waals surface area contributed by atoms with Crippen molar-refractivity contribution in [1.29, 1.82) is 0 Å². The van der Waals surface area contributed by atoms with E-state index in [0.717, 1.165) is 25.4 Å². The van der Waals surface area contributed by atoms with Crippen LogP contribution >= 0.6 is 0 Å². The number of nitrogens with one attached hydrogen (secondary N) is 1. The maximum Gasteiger partial charge on any atom is 0.123 e. The van der Waals surface area contributed by atoms with Crippen molar-refractivity contribution < 1.29 is 4.74 Å². The van der Waals surface area contributed by atoms with Crippen molar-refractivity contribution in [2.45, 2.75) is 26.8 Å². The summed E-state index contributed by atoms with van der Waals surface area (Å²) >= 11 is 0. The highest BCUT2D eigenvalue weighted by Crippen LogP contribution is 2.25. The quantitative estimate of drug-likeness (QED) is 0.752. The fourth-order valence-corrected chi connectivity index (χ4v) is 2.22. The van der Waals surface area contributed by atoms with Crippen LogP contribution in [0.4, 0.5) is 0 Å². The lowest BCUT2D eigenvalue weighted by atomic mass is 10.0. The summed E-state index contributed by atoms with van der Waals surface area (Å²) in [7, 11) is 5.90. The molecule has 0 aliphatic heterocycles. The molecule has 0 fully saturated rings. The number of nitrogens with zero attached hydrogens (tertiary/aromatic N) is 1. The van der Waals surface area contributed by atoms with Crippen LogP contribution in [0.2, 0.25) is 0 Å². The van der Waals surface area contributed by atoms with Gasteiger partial charge in [-0.15, -0.1) is 0 Å². The molecule has 3 heteroatoms. The van der Waals surface area contributed by atoms with Crippen molar-refractivity contribution in [3.8, 4) is 5.75 Å². The number of ether oxygens (including phenoxy) is 1. The van der Waals surface area contributed by atoms with Crippen LogP contribution in [0.5, 0.6) is 5.75 Å². The molecule has 3 nitrogen and oxygen atoms in total.